The number of para-hydroxylation sites is 1. The van der Waals surface area contributed by atoms with Gasteiger partial charge in [0.2, 0.25) is 0 Å². The first kappa shape index (κ1) is 21.3. The number of rotatable bonds is 10. The SMILES string of the molecule is CCCCNC(=O)c1ccccc1NC(=O)[C@@H](CC)Oc1cccc(OC)c1. The minimum absolute atomic E-state index is 0.203. The molecule has 150 valence electrons. The van der Waals surface area contributed by atoms with Gasteiger partial charge in [-0.1, -0.05) is 38.5 Å². The fourth-order valence-electron chi connectivity index (χ4n) is 2.64. The van der Waals surface area contributed by atoms with Gasteiger partial charge in [-0.25, -0.2) is 0 Å². The highest BCUT2D eigenvalue weighted by Crippen LogP contribution is 2.22. The summed E-state index contributed by atoms with van der Waals surface area (Å²) in [4.78, 5) is 25.2. The summed E-state index contributed by atoms with van der Waals surface area (Å²) in [5.74, 6) is 0.694. The molecule has 0 saturated heterocycles. The maximum Gasteiger partial charge on any atom is 0.265 e. The lowest BCUT2D eigenvalue weighted by Gasteiger charge is -2.19. The van der Waals surface area contributed by atoms with Crippen molar-refractivity contribution in [2.24, 2.45) is 0 Å². The number of anilines is 1. The molecule has 0 heterocycles. The Morgan fingerprint density at radius 3 is 2.50 bits per heavy atom. The predicted octanol–water partition coefficient (Wildman–Crippen LogP) is 4.02. The third kappa shape index (κ3) is 6.01. The minimum atomic E-state index is -0.691. The van der Waals surface area contributed by atoms with Crippen molar-refractivity contribution in [2.75, 3.05) is 19.0 Å². The maximum absolute atomic E-state index is 12.7. The molecule has 0 fully saturated rings. The van der Waals surface area contributed by atoms with Crippen molar-refractivity contribution in [1.29, 1.82) is 0 Å². The number of ether oxygens (including phenoxy) is 2. The molecular weight excluding hydrogens is 356 g/mol. The van der Waals surface area contributed by atoms with E-state index in [4.69, 9.17) is 9.47 Å². The summed E-state index contributed by atoms with van der Waals surface area (Å²) in [6.07, 6.45) is 1.70. The summed E-state index contributed by atoms with van der Waals surface area (Å²) in [7, 11) is 1.58. The van der Waals surface area contributed by atoms with E-state index in [1.165, 1.54) is 0 Å². The Morgan fingerprint density at radius 2 is 1.79 bits per heavy atom. The zero-order valence-electron chi connectivity index (χ0n) is 16.7. The second-order valence-electron chi connectivity index (χ2n) is 6.34. The molecule has 6 nitrogen and oxygen atoms in total. The number of methoxy groups -OCH3 is 1. The van der Waals surface area contributed by atoms with E-state index < -0.39 is 6.10 Å². The minimum Gasteiger partial charge on any atom is -0.497 e. The van der Waals surface area contributed by atoms with Crippen molar-refractivity contribution in [2.45, 2.75) is 39.2 Å². The predicted molar refractivity (Wildman–Crippen MR) is 110 cm³/mol. The van der Waals surface area contributed by atoms with Gasteiger partial charge in [0.1, 0.15) is 11.5 Å². The smallest absolute Gasteiger partial charge is 0.265 e. The average Bonchev–Trinajstić information content (AvgIpc) is 2.72. The molecule has 0 aromatic heterocycles. The summed E-state index contributed by atoms with van der Waals surface area (Å²) >= 11 is 0. The first-order chi connectivity index (χ1) is 13.6. The number of carbonyl (C=O) groups is 2. The van der Waals surface area contributed by atoms with E-state index >= 15 is 0 Å². The van der Waals surface area contributed by atoms with E-state index in [1.807, 2.05) is 6.92 Å². The Labute approximate surface area is 166 Å². The summed E-state index contributed by atoms with van der Waals surface area (Å²) in [5.41, 5.74) is 0.900. The van der Waals surface area contributed by atoms with Crippen LogP contribution in [0.5, 0.6) is 11.5 Å². The second kappa shape index (κ2) is 11.0. The van der Waals surface area contributed by atoms with Crippen LogP contribution in [0.2, 0.25) is 0 Å². The summed E-state index contributed by atoms with van der Waals surface area (Å²) < 4.78 is 11.0. The maximum atomic E-state index is 12.7. The van der Waals surface area contributed by atoms with Crippen molar-refractivity contribution in [3.8, 4) is 11.5 Å². The molecule has 2 aromatic rings. The summed E-state index contributed by atoms with van der Waals surface area (Å²) in [6.45, 7) is 4.54. The molecule has 0 bridgehead atoms. The van der Waals surface area contributed by atoms with Crippen LogP contribution in [0.3, 0.4) is 0 Å². The lowest BCUT2D eigenvalue weighted by Crippen LogP contribution is -2.33. The lowest BCUT2D eigenvalue weighted by atomic mass is 10.1. The average molecular weight is 384 g/mol. The molecule has 2 N–H and O–H groups in total. The molecule has 0 saturated carbocycles. The van der Waals surface area contributed by atoms with E-state index in [-0.39, 0.29) is 11.8 Å². The standard InChI is InChI=1S/C22H28N2O4/c1-4-6-14-23-21(25)18-12-7-8-13-19(18)24-22(26)20(5-2)28-17-11-9-10-16(15-17)27-3/h7-13,15,20H,4-6,14H2,1-3H3,(H,23,25)(H,24,26)/t20-/m1/s1. The topological polar surface area (TPSA) is 76.7 Å². The molecule has 0 aliphatic rings. The molecule has 0 aliphatic heterocycles. The monoisotopic (exact) mass is 384 g/mol. The van der Waals surface area contributed by atoms with Crippen LogP contribution in [0.1, 0.15) is 43.5 Å². The summed E-state index contributed by atoms with van der Waals surface area (Å²) in [5, 5.41) is 5.70. The molecule has 1 atom stereocenters. The largest absolute Gasteiger partial charge is 0.497 e. The van der Waals surface area contributed by atoms with Crippen molar-refractivity contribution in [3.05, 3.63) is 54.1 Å². The van der Waals surface area contributed by atoms with Gasteiger partial charge in [-0.05, 0) is 37.1 Å². The van der Waals surface area contributed by atoms with E-state index in [0.29, 0.717) is 35.7 Å². The number of benzene rings is 2. The van der Waals surface area contributed by atoms with Gasteiger partial charge in [-0.3, -0.25) is 9.59 Å². The zero-order chi connectivity index (χ0) is 20.4. The molecule has 2 aromatic carbocycles. The third-order valence-corrected chi connectivity index (χ3v) is 4.23. The molecule has 0 aliphatic carbocycles. The van der Waals surface area contributed by atoms with Gasteiger partial charge >= 0.3 is 0 Å². The van der Waals surface area contributed by atoms with Gasteiger partial charge in [0.15, 0.2) is 6.10 Å². The fraction of sp³-hybridized carbons (Fsp3) is 0.364. The Balaban J connectivity index is 2.08. The molecule has 0 radical (unpaired) electrons. The zero-order valence-corrected chi connectivity index (χ0v) is 16.7. The normalized spacial score (nSPS) is 11.4. The van der Waals surface area contributed by atoms with Crippen LogP contribution in [0.25, 0.3) is 0 Å². The van der Waals surface area contributed by atoms with Gasteiger partial charge < -0.3 is 20.1 Å². The quantitative estimate of drug-likeness (QED) is 0.607. The van der Waals surface area contributed by atoms with Gasteiger partial charge in [0.25, 0.3) is 11.8 Å². The molecule has 6 heteroatoms. The Morgan fingerprint density at radius 1 is 1.04 bits per heavy atom. The number of hydrogen-bond acceptors (Lipinski definition) is 4. The van der Waals surface area contributed by atoms with Crippen LogP contribution in [0, 0.1) is 0 Å². The van der Waals surface area contributed by atoms with Crippen LogP contribution in [0.15, 0.2) is 48.5 Å². The van der Waals surface area contributed by atoms with Crippen LogP contribution >= 0.6 is 0 Å². The van der Waals surface area contributed by atoms with Crippen molar-refractivity contribution in [3.63, 3.8) is 0 Å². The molecular formula is C22H28N2O4. The fourth-order valence-corrected chi connectivity index (χ4v) is 2.64. The number of nitrogens with one attached hydrogen (secondary N) is 2. The molecule has 0 spiro atoms. The third-order valence-electron chi connectivity index (χ3n) is 4.23. The second-order valence-corrected chi connectivity index (χ2v) is 6.34. The molecule has 2 rings (SSSR count). The summed E-state index contributed by atoms with van der Waals surface area (Å²) in [6, 6.07) is 14.1. The van der Waals surface area contributed by atoms with Crippen LogP contribution < -0.4 is 20.1 Å². The highest BCUT2D eigenvalue weighted by molar-refractivity contribution is 6.04. The Hall–Kier alpha value is -3.02. The molecule has 28 heavy (non-hydrogen) atoms. The number of amides is 2. The number of hydrogen-bond donors (Lipinski definition) is 2. The highest BCUT2D eigenvalue weighted by atomic mass is 16.5. The van der Waals surface area contributed by atoms with Gasteiger partial charge in [-0.15, -0.1) is 0 Å². The highest BCUT2D eigenvalue weighted by Gasteiger charge is 2.21. The van der Waals surface area contributed by atoms with Gasteiger partial charge in [-0.2, -0.15) is 0 Å². The molecule has 0 unspecified atom stereocenters. The number of unbranched alkanes of at least 4 members (excludes halogenated alkanes) is 1. The van der Waals surface area contributed by atoms with Crippen LogP contribution in [0.4, 0.5) is 5.69 Å². The van der Waals surface area contributed by atoms with Crippen LogP contribution in [-0.2, 0) is 4.79 Å². The first-order valence-electron chi connectivity index (χ1n) is 9.57. The van der Waals surface area contributed by atoms with Gasteiger partial charge in [0, 0.05) is 12.6 Å². The van der Waals surface area contributed by atoms with E-state index in [2.05, 4.69) is 17.6 Å². The number of carbonyl (C=O) groups excluding carboxylic acids is 2. The Bertz CT molecular complexity index is 792. The Kier molecular flexibility index (Phi) is 8.34. The molecule has 2 amide bonds. The van der Waals surface area contributed by atoms with Crippen molar-refractivity contribution < 1.29 is 19.1 Å². The first-order valence-corrected chi connectivity index (χ1v) is 9.57. The van der Waals surface area contributed by atoms with Crippen molar-refractivity contribution in [1.82, 2.24) is 5.32 Å². The lowest BCUT2D eigenvalue weighted by molar-refractivity contribution is -0.122. The van der Waals surface area contributed by atoms with Gasteiger partial charge in [0.05, 0.1) is 18.4 Å². The van der Waals surface area contributed by atoms with E-state index in [9.17, 15) is 9.59 Å². The van der Waals surface area contributed by atoms with Crippen molar-refractivity contribution >= 4 is 17.5 Å². The van der Waals surface area contributed by atoms with E-state index in [1.54, 1.807) is 55.6 Å². The van der Waals surface area contributed by atoms with E-state index in [0.717, 1.165) is 12.8 Å². The van der Waals surface area contributed by atoms with Crippen LogP contribution in [-0.4, -0.2) is 31.6 Å².